The Morgan fingerprint density at radius 2 is 1.67 bits per heavy atom. The molecule has 5 rings (SSSR count). The summed E-state index contributed by atoms with van der Waals surface area (Å²) in [5.74, 6) is 1.08. The highest BCUT2D eigenvalue weighted by atomic mass is 32.2. The first-order valence-corrected chi connectivity index (χ1v) is 19.0. The molecule has 1 unspecified atom stereocenters. The highest BCUT2D eigenvalue weighted by Gasteiger charge is 2.18. The topological polar surface area (TPSA) is 85.7 Å². The summed E-state index contributed by atoms with van der Waals surface area (Å²) in [5, 5.41) is 3.07. The Bertz CT molecular complexity index is 1690. The van der Waals surface area contributed by atoms with E-state index < -0.39 is 10.8 Å². The molecule has 1 N–H and O–H groups in total. The van der Waals surface area contributed by atoms with Crippen molar-refractivity contribution in [1.29, 1.82) is 0 Å². The van der Waals surface area contributed by atoms with Crippen LogP contribution in [0.25, 0.3) is 17.2 Å². The molecular formula is C40H50N4O4S. The van der Waals surface area contributed by atoms with Gasteiger partial charge in [0, 0.05) is 54.3 Å². The van der Waals surface area contributed by atoms with Gasteiger partial charge in [-0.05, 0) is 103 Å². The Labute approximate surface area is 294 Å². The summed E-state index contributed by atoms with van der Waals surface area (Å²) in [6.45, 7) is 11.0. The lowest BCUT2D eigenvalue weighted by Gasteiger charge is -2.22. The van der Waals surface area contributed by atoms with E-state index in [1.165, 1.54) is 12.8 Å². The van der Waals surface area contributed by atoms with E-state index in [0.717, 1.165) is 84.2 Å². The molecule has 0 aliphatic carbocycles. The largest absolute Gasteiger partial charge is 0.491 e. The van der Waals surface area contributed by atoms with Gasteiger partial charge in [0.1, 0.15) is 12.4 Å². The highest BCUT2D eigenvalue weighted by Crippen LogP contribution is 2.32. The highest BCUT2D eigenvalue weighted by molar-refractivity contribution is 7.84. The normalized spacial score (nSPS) is 13.9. The number of carbonyl (C=O) groups is 1. The van der Waals surface area contributed by atoms with Crippen molar-refractivity contribution in [3.8, 4) is 16.9 Å². The third kappa shape index (κ3) is 10.2. The third-order valence-corrected chi connectivity index (χ3v) is 10.1. The van der Waals surface area contributed by atoms with Gasteiger partial charge >= 0.3 is 0 Å². The number of nitrogens with zero attached hydrogens (tertiary/aromatic N) is 3. The second-order valence-electron chi connectivity index (χ2n) is 12.4. The van der Waals surface area contributed by atoms with Crippen LogP contribution >= 0.6 is 0 Å². The Morgan fingerprint density at radius 1 is 0.918 bits per heavy atom. The number of rotatable bonds is 18. The van der Waals surface area contributed by atoms with E-state index in [1.807, 2.05) is 49.4 Å². The molecule has 8 nitrogen and oxygen atoms in total. The van der Waals surface area contributed by atoms with Crippen LogP contribution in [0.5, 0.6) is 5.75 Å². The summed E-state index contributed by atoms with van der Waals surface area (Å²) >= 11 is 0. The predicted molar refractivity (Wildman–Crippen MR) is 201 cm³/mol. The SMILES string of the molecule is CCCCOCCOc1ccc(-c2ccc(N3CCCC3)c(C=C(CC)C(=O)Nc3ccc(S(=O)Cc4cncn4CCC)cc3)c2)cc1. The van der Waals surface area contributed by atoms with Gasteiger partial charge in [-0.2, -0.15) is 0 Å². The van der Waals surface area contributed by atoms with Gasteiger partial charge in [-0.3, -0.25) is 9.00 Å². The van der Waals surface area contributed by atoms with Gasteiger partial charge in [-0.1, -0.05) is 45.4 Å². The molecule has 9 heteroatoms. The van der Waals surface area contributed by atoms with Crippen molar-refractivity contribution >= 4 is 34.2 Å². The van der Waals surface area contributed by atoms with E-state index in [2.05, 4.69) is 63.9 Å². The first-order chi connectivity index (χ1) is 24.0. The fourth-order valence-electron chi connectivity index (χ4n) is 5.95. The van der Waals surface area contributed by atoms with Crippen molar-refractivity contribution in [3.05, 3.63) is 96.1 Å². The minimum absolute atomic E-state index is 0.141. The number of unbranched alkanes of at least 4 members (excludes halogenated alkanes) is 1. The number of anilines is 2. The number of benzene rings is 3. The molecule has 1 aliphatic heterocycles. The summed E-state index contributed by atoms with van der Waals surface area (Å²) in [6.07, 6.45) is 11.7. The second kappa shape index (κ2) is 18.5. The molecule has 1 fully saturated rings. The Balaban J connectivity index is 1.28. The lowest BCUT2D eigenvalue weighted by molar-refractivity contribution is -0.112. The smallest absolute Gasteiger partial charge is 0.251 e. The van der Waals surface area contributed by atoms with E-state index in [4.69, 9.17) is 9.47 Å². The molecule has 49 heavy (non-hydrogen) atoms. The first kappa shape index (κ1) is 36.1. The van der Waals surface area contributed by atoms with Crippen molar-refractivity contribution in [1.82, 2.24) is 9.55 Å². The number of ether oxygens (including phenoxy) is 2. The molecule has 1 saturated heterocycles. The zero-order valence-corrected chi connectivity index (χ0v) is 30.0. The predicted octanol–water partition coefficient (Wildman–Crippen LogP) is 8.50. The van der Waals surface area contributed by atoms with Crippen molar-refractivity contribution in [2.45, 2.75) is 76.5 Å². The first-order valence-electron chi connectivity index (χ1n) is 17.7. The monoisotopic (exact) mass is 682 g/mol. The van der Waals surface area contributed by atoms with Crippen LogP contribution in [-0.4, -0.2) is 52.6 Å². The molecule has 260 valence electrons. The zero-order chi connectivity index (χ0) is 34.4. The number of imidazole rings is 1. The van der Waals surface area contributed by atoms with Gasteiger partial charge < -0.3 is 24.3 Å². The molecule has 0 radical (unpaired) electrons. The van der Waals surface area contributed by atoms with Gasteiger partial charge in [-0.25, -0.2) is 4.98 Å². The van der Waals surface area contributed by atoms with Gasteiger partial charge in [0.2, 0.25) is 0 Å². The van der Waals surface area contributed by atoms with Crippen LogP contribution in [0.15, 0.2) is 89.7 Å². The lowest BCUT2D eigenvalue weighted by atomic mass is 9.99. The van der Waals surface area contributed by atoms with Gasteiger partial charge in [-0.15, -0.1) is 0 Å². The number of amides is 1. The summed E-state index contributed by atoms with van der Waals surface area (Å²) in [5.41, 5.74) is 6.67. The molecule has 1 atom stereocenters. The van der Waals surface area contributed by atoms with Crippen LogP contribution in [0.4, 0.5) is 11.4 Å². The average molecular weight is 683 g/mol. The van der Waals surface area contributed by atoms with Gasteiger partial charge in [0.15, 0.2) is 0 Å². The summed E-state index contributed by atoms with van der Waals surface area (Å²) in [4.78, 5) is 20.9. The van der Waals surface area contributed by atoms with Crippen molar-refractivity contribution in [2.75, 3.05) is 43.1 Å². The number of hydrogen-bond donors (Lipinski definition) is 1. The molecule has 4 aromatic rings. The van der Waals surface area contributed by atoms with Crippen molar-refractivity contribution in [2.24, 2.45) is 0 Å². The van der Waals surface area contributed by atoms with Crippen LogP contribution < -0.4 is 15.0 Å². The molecule has 3 aromatic carbocycles. The standard InChI is InChI=1S/C40H50N4O4S/c1-4-7-23-47-24-25-48-37-15-10-32(11-16-37)33-12-19-39(43-21-8-9-22-43)34(27-33)26-31(6-3)40(45)42-35-13-17-38(18-14-35)49(46)29-36-28-41-30-44(36)20-5-2/h10-19,26-28,30H,4-9,20-25,29H2,1-3H3,(H,42,45). The minimum Gasteiger partial charge on any atom is -0.491 e. The van der Waals surface area contributed by atoms with Crippen LogP contribution in [0.1, 0.15) is 70.6 Å². The maximum Gasteiger partial charge on any atom is 0.251 e. The van der Waals surface area contributed by atoms with Crippen LogP contribution in [0, 0.1) is 0 Å². The molecule has 2 heterocycles. The number of hydrogen-bond acceptors (Lipinski definition) is 6. The van der Waals surface area contributed by atoms with Crippen LogP contribution in [0.3, 0.4) is 0 Å². The van der Waals surface area contributed by atoms with Gasteiger partial charge in [0.25, 0.3) is 5.91 Å². The molecule has 0 bridgehead atoms. The molecule has 0 saturated carbocycles. The number of nitrogens with one attached hydrogen (secondary N) is 1. The minimum atomic E-state index is -1.21. The Hall–Kier alpha value is -4.21. The van der Waals surface area contributed by atoms with E-state index in [0.29, 0.717) is 36.6 Å². The van der Waals surface area contributed by atoms with Crippen molar-refractivity contribution < 1.29 is 18.5 Å². The van der Waals surface area contributed by atoms with E-state index in [-0.39, 0.29) is 5.91 Å². The third-order valence-electron chi connectivity index (χ3n) is 8.72. The fourth-order valence-corrected chi connectivity index (χ4v) is 7.07. The quantitative estimate of drug-likeness (QED) is 0.0837. The fraction of sp³-hybridized carbons (Fsp3) is 0.400. The molecule has 1 aliphatic rings. The number of aromatic nitrogens is 2. The average Bonchev–Trinajstić information content (AvgIpc) is 3.82. The molecular weight excluding hydrogens is 633 g/mol. The maximum atomic E-state index is 13.6. The van der Waals surface area contributed by atoms with E-state index >= 15 is 0 Å². The molecule has 0 spiro atoms. The van der Waals surface area contributed by atoms with Crippen LogP contribution in [-0.2, 0) is 32.6 Å². The summed E-state index contributed by atoms with van der Waals surface area (Å²) in [7, 11) is -1.21. The number of carbonyl (C=O) groups excluding carboxylic acids is 1. The summed E-state index contributed by atoms with van der Waals surface area (Å²) in [6, 6.07) is 22.0. The Kier molecular flexibility index (Phi) is 13.6. The molecule has 1 aromatic heterocycles. The van der Waals surface area contributed by atoms with E-state index in [9.17, 15) is 9.00 Å². The van der Waals surface area contributed by atoms with Crippen molar-refractivity contribution in [3.63, 3.8) is 0 Å². The van der Waals surface area contributed by atoms with Crippen LogP contribution in [0.2, 0.25) is 0 Å². The molecule has 1 amide bonds. The Morgan fingerprint density at radius 3 is 2.39 bits per heavy atom. The van der Waals surface area contributed by atoms with E-state index in [1.54, 1.807) is 12.5 Å². The maximum absolute atomic E-state index is 13.6. The summed E-state index contributed by atoms with van der Waals surface area (Å²) < 4.78 is 26.6. The van der Waals surface area contributed by atoms with Gasteiger partial charge in [0.05, 0.1) is 35.2 Å². The lowest BCUT2D eigenvalue weighted by Crippen LogP contribution is -2.19. The zero-order valence-electron chi connectivity index (χ0n) is 29.2. The second-order valence-corrected chi connectivity index (χ2v) is 13.8. The number of aryl methyl sites for hydroxylation is 1.